The van der Waals surface area contributed by atoms with Crippen molar-refractivity contribution in [3.63, 3.8) is 0 Å². The first kappa shape index (κ1) is 11.1. The van der Waals surface area contributed by atoms with Gasteiger partial charge in [0, 0.05) is 7.05 Å². The van der Waals surface area contributed by atoms with Crippen LogP contribution in [-0.2, 0) is 7.05 Å². The summed E-state index contributed by atoms with van der Waals surface area (Å²) in [7, 11) is 1.76. The number of aromatic amines is 1. The Morgan fingerprint density at radius 1 is 1.16 bits per heavy atom. The third-order valence-corrected chi connectivity index (χ3v) is 2.52. The zero-order chi connectivity index (χ0) is 13.4. The van der Waals surface area contributed by atoms with E-state index in [4.69, 9.17) is 11.5 Å². The molecule has 0 aliphatic carbocycles. The molecule has 0 amide bonds. The van der Waals surface area contributed by atoms with Crippen molar-refractivity contribution in [1.29, 1.82) is 0 Å². The molecule has 0 fully saturated rings. The number of hydrogen-bond acceptors (Lipinski definition) is 7. The van der Waals surface area contributed by atoms with Gasteiger partial charge in [-0.2, -0.15) is 25.2 Å². The molecule has 0 saturated carbocycles. The first-order valence-corrected chi connectivity index (χ1v) is 5.45. The minimum Gasteiger partial charge on any atom is -0.382 e. The smallest absolute Gasteiger partial charge is 0.175 e. The number of H-pyrrole nitrogens is 1. The molecule has 0 spiro atoms. The van der Waals surface area contributed by atoms with Gasteiger partial charge in [0.25, 0.3) is 0 Å². The second kappa shape index (κ2) is 4.05. The van der Waals surface area contributed by atoms with Crippen molar-refractivity contribution in [2.24, 2.45) is 17.3 Å². The van der Waals surface area contributed by atoms with Gasteiger partial charge in [0.2, 0.25) is 0 Å². The van der Waals surface area contributed by atoms with E-state index in [0.29, 0.717) is 11.4 Å². The first-order chi connectivity index (χ1) is 9.13. The molecule has 96 valence electrons. The minimum absolute atomic E-state index is 0.210. The second-order valence-corrected chi connectivity index (χ2v) is 3.93. The molecule has 3 rings (SSSR count). The Bertz CT molecular complexity index is 747. The molecule has 5 N–H and O–H groups in total. The molecule has 1 aromatic carbocycles. The van der Waals surface area contributed by atoms with Gasteiger partial charge in [-0.3, -0.25) is 5.10 Å². The Balaban J connectivity index is 1.96. The van der Waals surface area contributed by atoms with Crippen LogP contribution in [0, 0.1) is 0 Å². The molecule has 0 unspecified atom stereocenters. The largest absolute Gasteiger partial charge is 0.382 e. The summed E-state index contributed by atoms with van der Waals surface area (Å²) in [6, 6.07) is 5.38. The van der Waals surface area contributed by atoms with Gasteiger partial charge in [-0.15, -0.1) is 5.11 Å². The quantitative estimate of drug-likeness (QED) is 0.594. The van der Waals surface area contributed by atoms with E-state index in [0.717, 1.165) is 11.0 Å². The van der Waals surface area contributed by atoms with Crippen molar-refractivity contribution in [3.8, 4) is 0 Å². The number of nitrogens with zero attached hydrogens (tertiary/aromatic N) is 6. The van der Waals surface area contributed by atoms with E-state index in [9.17, 15) is 0 Å². The number of nitrogens with one attached hydrogen (secondary N) is 1. The van der Waals surface area contributed by atoms with Crippen LogP contribution in [0.4, 0.5) is 23.0 Å². The van der Waals surface area contributed by atoms with Crippen molar-refractivity contribution in [1.82, 2.24) is 25.2 Å². The molecule has 0 saturated heterocycles. The van der Waals surface area contributed by atoms with Crippen LogP contribution in [0.3, 0.4) is 0 Å². The second-order valence-electron chi connectivity index (χ2n) is 3.93. The first-order valence-electron chi connectivity index (χ1n) is 5.45. The standard InChI is InChI=1S/C10H11N9/c1-19-17-6-3-2-5(4-7(6)18-19)13-14-8-9(11)15-16-10(8)12/h2-4H,1H3,(H5,11,12,15,16). The van der Waals surface area contributed by atoms with Gasteiger partial charge in [0.1, 0.15) is 16.9 Å². The van der Waals surface area contributed by atoms with Crippen LogP contribution in [-0.4, -0.2) is 25.2 Å². The third-order valence-electron chi connectivity index (χ3n) is 2.52. The fourth-order valence-corrected chi connectivity index (χ4v) is 1.65. The fourth-order valence-electron chi connectivity index (χ4n) is 1.65. The van der Waals surface area contributed by atoms with E-state index in [1.54, 1.807) is 19.2 Å². The highest BCUT2D eigenvalue weighted by Gasteiger charge is 2.07. The van der Waals surface area contributed by atoms with E-state index in [2.05, 4.69) is 30.6 Å². The number of aryl methyl sites for hydroxylation is 1. The van der Waals surface area contributed by atoms with Gasteiger partial charge >= 0.3 is 0 Å². The van der Waals surface area contributed by atoms with Crippen LogP contribution in [0.5, 0.6) is 0 Å². The molecule has 19 heavy (non-hydrogen) atoms. The molecular formula is C10H11N9. The molecule has 9 nitrogen and oxygen atoms in total. The Labute approximate surface area is 107 Å². The zero-order valence-electron chi connectivity index (χ0n) is 10.1. The monoisotopic (exact) mass is 257 g/mol. The predicted molar refractivity (Wildman–Crippen MR) is 70.1 cm³/mol. The number of aromatic nitrogens is 5. The number of nitrogen functional groups attached to an aromatic ring is 2. The van der Waals surface area contributed by atoms with E-state index in [-0.39, 0.29) is 11.6 Å². The van der Waals surface area contributed by atoms with Crippen LogP contribution in [0.2, 0.25) is 0 Å². The number of fused-ring (bicyclic) bond motifs is 1. The third kappa shape index (κ3) is 1.97. The van der Waals surface area contributed by atoms with Crippen molar-refractivity contribution in [3.05, 3.63) is 18.2 Å². The number of hydrogen-bond donors (Lipinski definition) is 3. The Kier molecular flexibility index (Phi) is 2.37. The summed E-state index contributed by atoms with van der Waals surface area (Å²) in [4.78, 5) is 1.50. The molecule has 0 bridgehead atoms. The summed E-state index contributed by atoms with van der Waals surface area (Å²) in [6.45, 7) is 0. The molecule has 0 radical (unpaired) electrons. The normalized spacial score (nSPS) is 11.6. The summed E-state index contributed by atoms with van der Waals surface area (Å²) in [5, 5.41) is 22.7. The molecule has 9 heteroatoms. The van der Waals surface area contributed by atoms with Crippen LogP contribution in [0.1, 0.15) is 0 Å². The van der Waals surface area contributed by atoms with Gasteiger partial charge < -0.3 is 11.5 Å². The number of azo groups is 1. The average Bonchev–Trinajstić information content (AvgIpc) is 2.89. The lowest BCUT2D eigenvalue weighted by Crippen LogP contribution is -1.90. The average molecular weight is 257 g/mol. The molecule has 2 heterocycles. The minimum atomic E-state index is 0.210. The fraction of sp³-hybridized carbons (Fsp3) is 0.100. The van der Waals surface area contributed by atoms with Gasteiger partial charge in [-0.25, -0.2) is 0 Å². The summed E-state index contributed by atoms with van der Waals surface area (Å²) in [5.74, 6) is 0.490. The van der Waals surface area contributed by atoms with Crippen LogP contribution in [0.25, 0.3) is 11.0 Å². The molecular weight excluding hydrogens is 246 g/mol. The SMILES string of the molecule is Cn1nc2ccc(N=Nc3c(N)n[nH]c3N)cc2n1. The summed E-state index contributed by atoms with van der Waals surface area (Å²) >= 11 is 0. The van der Waals surface area contributed by atoms with Gasteiger partial charge in [0.05, 0.1) is 5.69 Å². The Hall–Kier alpha value is -2.97. The van der Waals surface area contributed by atoms with Gasteiger partial charge in [-0.05, 0) is 18.2 Å². The number of anilines is 2. The Morgan fingerprint density at radius 3 is 2.68 bits per heavy atom. The molecule has 0 atom stereocenters. The van der Waals surface area contributed by atoms with Crippen LogP contribution >= 0.6 is 0 Å². The van der Waals surface area contributed by atoms with E-state index in [1.807, 2.05) is 6.07 Å². The van der Waals surface area contributed by atoms with Gasteiger partial charge in [0.15, 0.2) is 11.5 Å². The maximum atomic E-state index is 5.62. The highest BCUT2D eigenvalue weighted by molar-refractivity contribution is 5.77. The Morgan fingerprint density at radius 2 is 1.95 bits per heavy atom. The number of benzene rings is 1. The highest BCUT2D eigenvalue weighted by atomic mass is 15.4. The van der Waals surface area contributed by atoms with E-state index >= 15 is 0 Å². The van der Waals surface area contributed by atoms with E-state index in [1.165, 1.54) is 4.80 Å². The maximum absolute atomic E-state index is 5.62. The topological polar surface area (TPSA) is 136 Å². The lowest BCUT2D eigenvalue weighted by atomic mass is 10.3. The van der Waals surface area contributed by atoms with Crippen LogP contribution < -0.4 is 11.5 Å². The predicted octanol–water partition coefficient (Wildman–Crippen LogP) is 1.27. The number of rotatable bonds is 2. The highest BCUT2D eigenvalue weighted by Crippen LogP contribution is 2.28. The van der Waals surface area contributed by atoms with Crippen LogP contribution in [0.15, 0.2) is 28.4 Å². The molecule has 0 aliphatic rings. The lowest BCUT2D eigenvalue weighted by molar-refractivity contribution is 0.665. The molecule has 3 aromatic rings. The van der Waals surface area contributed by atoms with Crippen molar-refractivity contribution in [2.45, 2.75) is 0 Å². The van der Waals surface area contributed by atoms with Gasteiger partial charge in [-0.1, -0.05) is 0 Å². The molecule has 2 aromatic heterocycles. The summed E-state index contributed by atoms with van der Waals surface area (Å²) in [6.07, 6.45) is 0. The van der Waals surface area contributed by atoms with E-state index < -0.39 is 0 Å². The van der Waals surface area contributed by atoms with Crippen molar-refractivity contribution in [2.75, 3.05) is 11.5 Å². The molecule has 0 aliphatic heterocycles. The zero-order valence-corrected chi connectivity index (χ0v) is 10.1. The van der Waals surface area contributed by atoms with Crippen molar-refractivity contribution < 1.29 is 0 Å². The summed E-state index contributed by atoms with van der Waals surface area (Å²) < 4.78 is 0. The van der Waals surface area contributed by atoms with Crippen molar-refractivity contribution >= 4 is 34.0 Å². The summed E-state index contributed by atoms with van der Waals surface area (Å²) in [5.41, 5.74) is 13.7. The lowest BCUT2D eigenvalue weighted by Gasteiger charge is -1.92. The number of nitrogens with two attached hydrogens (primary N) is 2. The maximum Gasteiger partial charge on any atom is 0.175 e.